The van der Waals surface area contributed by atoms with Gasteiger partial charge in [0.05, 0.1) is 17.3 Å². The third-order valence-corrected chi connectivity index (χ3v) is 3.51. The van der Waals surface area contributed by atoms with Crippen LogP contribution < -0.4 is 10.2 Å². The molecule has 1 unspecified atom stereocenters. The molecule has 7 nitrogen and oxygen atoms in total. The number of anilines is 2. The van der Waals surface area contributed by atoms with Crippen molar-refractivity contribution in [2.45, 2.75) is 20.3 Å². The van der Waals surface area contributed by atoms with Crippen LogP contribution in [0.15, 0.2) is 12.1 Å². The standard InChI is InChI=1S/C15H18N2O5/c1-8(18)16-12-5-4-10-6-11(7-22-9(2)19)15(21)17(3)13(10)14(12)20/h4-5,11,20H,6-7H2,1-3H3,(H,16,18). The molecule has 1 aromatic carbocycles. The average molecular weight is 306 g/mol. The Kier molecular flexibility index (Phi) is 4.35. The van der Waals surface area contributed by atoms with Crippen LogP contribution in [0.2, 0.25) is 0 Å². The van der Waals surface area contributed by atoms with Gasteiger partial charge in [0.2, 0.25) is 11.8 Å². The summed E-state index contributed by atoms with van der Waals surface area (Å²) in [5, 5.41) is 12.8. The minimum Gasteiger partial charge on any atom is -0.504 e. The predicted octanol–water partition coefficient (Wildman–Crippen LogP) is 1.05. The molecule has 0 saturated heterocycles. The molecule has 0 fully saturated rings. The quantitative estimate of drug-likeness (QED) is 0.643. The number of nitrogens with zero attached hydrogens (tertiary/aromatic N) is 1. The highest BCUT2D eigenvalue weighted by atomic mass is 16.5. The molecule has 2 amide bonds. The lowest BCUT2D eigenvalue weighted by atomic mass is 9.91. The van der Waals surface area contributed by atoms with Crippen LogP contribution in [0.25, 0.3) is 0 Å². The van der Waals surface area contributed by atoms with Gasteiger partial charge in [-0.25, -0.2) is 0 Å². The van der Waals surface area contributed by atoms with Gasteiger partial charge in [-0.3, -0.25) is 14.4 Å². The molecular weight excluding hydrogens is 288 g/mol. The molecule has 2 rings (SSSR count). The molecule has 22 heavy (non-hydrogen) atoms. The Morgan fingerprint density at radius 2 is 2.09 bits per heavy atom. The van der Waals surface area contributed by atoms with Crippen molar-refractivity contribution in [1.29, 1.82) is 0 Å². The smallest absolute Gasteiger partial charge is 0.302 e. The molecule has 1 heterocycles. The highest BCUT2D eigenvalue weighted by molar-refractivity contribution is 6.02. The van der Waals surface area contributed by atoms with Crippen molar-refractivity contribution in [3.8, 4) is 5.75 Å². The summed E-state index contributed by atoms with van der Waals surface area (Å²) in [6.45, 7) is 2.63. The third kappa shape index (κ3) is 3.03. The average Bonchev–Trinajstić information content (AvgIpc) is 2.43. The number of carbonyl (C=O) groups excluding carboxylic acids is 3. The molecule has 118 valence electrons. The van der Waals surface area contributed by atoms with E-state index in [1.54, 1.807) is 19.2 Å². The fourth-order valence-corrected chi connectivity index (χ4v) is 2.54. The lowest BCUT2D eigenvalue weighted by molar-refractivity contribution is -0.143. The summed E-state index contributed by atoms with van der Waals surface area (Å²) in [6.07, 6.45) is 0.361. The van der Waals surface area contributed by atoms with E-state index in [0.717, 1.165) is 5.56 Å². The normalized spacial score (nSPS) is 17.0. The Hall–Kier alpha value is -2.57. The zero-order valence-corrected chi connectivity index (χ0v) is 12.7. The van der Waals surface area contributed by atoms with Crippen molar-refractivity contribution in [1.82, 2.24) is 0 Å². The number of phenols is 1. The first-order valence-corrected chi connectivity index (χ1v) is 6.84. The first-order chi connectivity index (χ1) is 10.3. The van der Waals surface area contributed by atoms with Gasteiger partial charge in [-0.05, 0) is 18.1 Å². The Bertz CT molecular complexity index is 641. The summed E-state index contributed by atoms with van der Waals surface area (Å²) in [6, 6.07) is 3.33. The van der Waals surface area contributed by atoms with Gasteiger partial charge in [0.25, 0.3) is 0 Å². The summed E-state index contributed by atoms with van der Waals surface area (Å²) >= 11 is 0. The van der Waals surface area contributed by atoms with Gasteiger partial charge in [-0.2, -0.15) is 0 Å². The molecule has 0 aromatic heterocycles. The maximum absolute atomic E-state index is 12.3. The zero-order valence-electron chi connectivity index (χ0n) is 12.7. The van der Waals surface area contributed by atoms with Crippen LogP contribution in [0.3, 0.4) is 0 Å². The second-order valence-electron chi connectivity index (χ2n) is 5.25. The van der Waals surface area contributed by atoms with E-state index in [2.05, 4.69) is 5.32 Å². The number of fused-ring (bicyclic) bond motifs is 1. The maximum atomic E-state index is 12.3. The van der Waals surface area contributed by atoms with E-state index in [1.165, 1.54) is 18.7 Å². The van der Waals surface area contributed by atoms with Crippen molar-refractivity contribution < 1.29 is 24.2 Å². The van der Waals surface area contributed by atoms with Gasteiger partial charge in [0, 0.05) is 20.9 Å². The largest absolute Gasteiger partial charge is 0.504 e. The van der Waals surface area contributed by atoms with E-state index in [-0.39, 0.29) is 29.9 Å². The van der Waals surface area contributed by atoms with Gasteiger partial charge in [0.15, 0.2) is 5.75 Å². The number of amides is 2. The number of carbonyl (C=O) groups is 3. The van der Waals surface area contributed by atoms with E-state index in [0.29, 0.717) is 12.1 Å². The summed E-state index contributed by atoms with van der Waals surface area (Å²) in [7, 11) is 1.54. The maximum Gasteiger partial charge on any atom is 0.302 e. The zero-order chi connectivity index (χ0) is 16.4. The lowest BCUT2D eigenvalue weighted by Crippen LogP contribution is -2.41. The predicted molar refractivity (Wildman–Crippen MR) is 79.6 cm³/mol. The highest BCUT2D eigenvalue weighted by Gasteiger charge is 2.34. The molecule has 1 aliphatic heterocycles. The van der Waals surface area contributed by atoms with Crippen LogP contribution >= 0.6 is 0 Å². The molecule has 1 aromatic rings. The second-order valence-corrected chi connectivity index (χ2v) is 5.25. The van der Waals surface area contributed by atoms with E-state index in [9.17, 15) is 19.5 Å². The first kappa shape index (κ1) is 15.8. The van der Waals surface area contributed by atoms with Crippen LogP contribution in [0.4, 0.5) is 11.4 Å². The van der Waals surface area contributed by atoms with Gasteiger partial charge in [0.1, 0.15) is 6.61 Å². The number of rotatable bonds is 3. The van der Waals surface area contributed by atoms with E-state index < -0.39 is 11.9 Å². The van der Waals surface area contributed by atoms with Crippen molar-refractivity contribution in [2.75, 3.05) is 23.9 Å². The minimum absolute atomic E-state index is 0.00611. The molecule has 1 aliphatic rings. The number of phenolic OH excluding ortho intramolecular Hbond substituents is 1. The Labute approximate surface area is 127 Å². The van der Waals surface area contributed by atoms with Crippen molar-refractivity contribution in [3.63, 3.8) is 0 Å². The third-order valence-electron chi connectivity index (χ3n) is 3.51. The molecule has 0 radical (unpaired) electrons. The number of benzene rings is 1. The van der Waals surface area contributed by atoms with Gasteiger partial charge < -0.3 is 20.1 Å². The monoisotopic (exact) mass is 306 g/mol. The number of ether oxygens (including phenoxy) is 1. The SMILES string of the molecule is CC(=O)Nc1ccc2c(c1O)N(C)C(=O)C(COC(C)=O)C2. The number of hydrogen-bond acceptors (Lipinski definition) is 5. The summed E-state index contributed by atoms with van der Waals surface area (Å²) in [5.74, 6) is -1.62. The minimum atomic E-state index is -0.479. The Morgan fingerprint density at radius 3 is 2.68 bits per heavy atom. The summed E-state index contributed by atoms with van der Waals surface area (Å²) < 4.78 is 4.92. The van der Waals surface area contributed by atoms with Crippen molar-refractivity contribution >= 4 is 29.2 Å². The fraction of sp³-hybridized carbons (Fsp3) is 0.400. The van der Waals surface area contributed by atoms with Crippen LogP contribution in [-0.4, -0.2) is 36.5 Å². The van der Waals surface area contributed by atoms with E-state index in [1.807, 2.05) is 0 Å². The van der Waals surface area contributed by atoms with Crippen molar-refractivity contribution in [2.24, 2.45) is 5.92 Å². The van der Waals surface area contributed by atoms with Crippen molar-refractivity contribution in [3.05, 3.63) is 17.7 Å². The van der Waals surface area contributed by atoms with Crippen LogP contribution in [0.1, 0.15) is 19.4 Å². The topological polar surface area (TPSA) is 95.9 Å². The number of esters is 1. The van der Waals surface area contributed by atoms with Gasteiger partial charge in [-0.15, -0.1) is 0 Å². The molecule has 0 saturated carbocycles. The number of nitrogens with one attached hydrogen (secondary N) is 1. The number of hydrogen-bond donors (Lipinski definition) is 2. The first-order valence-electron chi connectivity index (χ1n) is 6.84. The second kappa shape index (κ2) is 6.05. The summed E-state index contributed by atoms with van der Waals surface area (Å²) in [4.78, 5) is 35.7. The fourth-order valence-electron chi connectivity index (χ4n) is 2.54. The van der Waals surface area contributed by atoms with Gasteiger partial charge >= 0.3 is 5.97 Å². The van der Waals surface area contributed by atoms with E-state index in [4.69, 9.17) is 4.74 Å². The van der Waals surface area contributed by atoms with Crippen LogP contribution in [0, 0.1) is 5.92 Å². The van der Waals surface area contributed by atoms with Gasteiger partial charge in [-0.1, -0.05) is 6.07 Å². The molecule has 0 aliphatic carbocycles. The lowest BCUT2D eigenvalue weighted by Gasteiger charge is -2.32. The van der Waals surface area contributed by atoms with E-state index >= 15 is 0 Å². The Balaban J connectivity index is 2.33. The van der Waals surface area contributed by atoms with Crippen LogP contribution in [-0.2, 0) is 25.5 Å². The summed E-state index contributed by atoms with van der Waals surface area (Å²) in [5.41, 5.74) is 1.38. The molecule has 7 heteroatoms. The molecular formula is C15H18N2O5. The molecule has 2 N–H and O–H groups in total. The molecule has 0 bridgehead atoms. The number of aromatic hydroxyl groups is 1. The molecule has 0 spiro atoms. The highest BCUT2D eigenvalue weighted by Crippen LogP contribution is 2.41. The Morgan fingerprint density at radius 1 is 1.41 bits per heavy atom. The van der Waals surface area contributed by atoms with Crippen LogP contribution in [0.5, 0.6) is 5.75 Å². The molecule has 1 atom stereocenters.